The number of hydrogen-bond donors (Lipinski definition) is 5. The van der Waals surface area contributed by atoms with E-state index in [1.54, 1.807) is 5.32 Å². The minimum absolute atomic E-state index is 0.600. The molecule has 0 spiro atoms. The van der Waals surface area contributed by atoms with E-state index in [0.717, 1.165) is 0 Å². The fraction of sp³-hybridized carbons (Fsp3) is 0.333. The second-order valence-corrected chi connectivity index (χ2v) is 2.30. The van der Waals surface area contributed by atoms with Gasteiger partial charge in [0.1, 0.15) is 0 Å². The number of carbonyl (C=O) groups is 4. The average molecular weight is 234 g/mol. The summed E-state index contributed by atoms with van der Waals surface area (Å²) in [6, 6.07) is -3.16. The number of nitrogens with one attached hydrogen (secondary N) is 2. The van der Waals surface area contributed by atoms with Crippen LogP contribution in [-0.4, -0.2) is 43.1 Å². The lowest BCUT2D eigenvalue weighted by molar-refractivity contribution is 0.206. The second-order valence-electron chi connectivity index (χ2n) is 2.30. The first-order chi connectivity index (χ1) is 7.22. The number of rotatable bonds is 0. The SMILES string of the molecule is CN(C(N)=O)C(N)=O.CNC(=O)NC(N)=O. The Hall–Kier alpha value is -2.52. The molecule has 0 saturated carbocycles. The maximum absolute atomic E-state index is 10.1. The van der Waals surface area contributed by atoms with Gasteiger partial charge in [0.05, 0.1) is 0 Å². The molecule has 0 atom stereocenters. The molecular formula is C6H14N6O4. The molecule has 0 bridgehead atoms. The summed E-state index contributed by atoms with van der Waals surface area (Å²) < 4.78 is 0. The number of carbonyl (C=O) groups excluding carboxylic acids is 4. The molecule has 0 saturated heterocycles. The van der Waals surface area contributed by atoms with Crippen LogP contribution < -0.4 is 27.8 Å². The predicted molar refractivity (Wildman–Crippen MR) is 54.1 cm³/mol. The van der Waals surface area contributed by atoms with Gasteiger partial charge in [0.25, 0.3) is 0 Å². The van der Waals surface area contributed by atoms with Crippen LogP contribution in [0.25, 0.3) is 0 Å². The Kier molecular flexibility index (Phi) is 7.81. The highest BCUT2D eigenvalue weighted by molar-refractivity contribution is 5.92. The number of nitrogens with zero attached hydrogens (tertiary/aromatic N) is 1. The van der Waals surface area contributed by atoms with Crippen molar-refractivity contribution in [3.05, 3.63) is 0 Å². The molecule has 8 amide bonds. The minimum atomic E-state index is -0.857. The number of imide groups is 2. The maximum Gasteiger partial charge on any atom is 0.322 e. The Balaban J connectivity index is 0. The van der Waals surface area contributed by atoms with E-state index in [1.165, 1.54) is 14.1 Å². The lowest BCUT2D eigenvalue weighted by atomic mass is 10.8. The minimum Gasteiger partial charge on any atom is -0.351 e. The van der Waals surface area contributed by atoms with Gasteiger partial charge in [0, 0.05) is 14.1 Å². The molecule has 0 fully saturated rings. The third-order valence-corrected chi connectivity index (χ3v) is 1.12. The van der Waals surface area contributed by atoms with Crippen LogP contribution in [0.15, 0.2) is 0 Å². The van der Waals surface area contributed by atoms with Crippen LogP contribution in [0, 0.1) is 0 Å². The maximum atomic E-state index is 10.1. The Morgan fingerprint density at radius 2 is 1.38 bits per heavy atom. The summed E-state index contributed by atoms with van der Waals surface area (Å²) in [5.74, 6) is 0. The lowest BCUT2D eigenvalue weighted by Crippen LogP contribution is -2.40. The zero-order valence-electron chi connectivity index (χ0n) is 8.81. The molecule has 0 aromatic heterocycles. The molecule has 0 unspecified atom stereocenters. The number of urea groups is 4. The first kappa shape index (κ1) is 15.9. The molecular weight excluding hydrogens is 220 g/mol. The topological polar surface area (TPSA) is 174 Å². The van der Waals surface area contributed by atoms with E-state index in [4.69, 9.17) is 0 Å². The highest BCUT2D eigenvalue weighted by Crippen LogP contribution is 1.76. The van der Waals surface area contributed by atoms with Crippen LogP contribution in [-0.2, 0) is 0 Å². The number of nitrogens with two attached hydrogens (primary N) is 3. The van der Waals surface area contributed by atoms with Crippen LogP contribution >= 0.6 is 0 Å². The van der Waals surface area contributed by atoms with E-state index < -0.39 is 24.1 Å². The normalized spacial score (nSPS) is 7.88. The molecule has 8 N–H and O–H groups in total. The Morgan fingerprint density at radius 3 is 1.44 bits per heavy atom. The highest BCUT2D eigenvalue weighted by atomic mass is 16.2. The fourth-order valence-corrected chi connectivity index (χ4v) is 0.283. The van der Waals surface area contributed by atoms with E-state index >= 15 is 0 Å². The van der Waals surface area contributed by atoms with Gasteiger partial charge in [-0.2, -0.15) is 0 Å². The molecule has 0 rings (SSSR count). The van der Waals surface area contributed by atoms with Crippen molar-refractivity contribution in [2.45, 2.75) is 0 Å². The van der Waals surface area contributed by atoms with Crippen molar-refractivity contribution in [3.8, 4) is 0 Å². The van der Waals surface area contributed by atoms with Crippen molar-refractivity contribution >= 4 is 24.1 Å². The monoisotopic (exact) mass is 234 g/mol. The number of primary amides is 3. The first-order valence-electron chi connectivity index (χ1n) is 3.83. The van der Waals surface area contributed by atoms with Crippen LogP contribution in [0.4, 0.5) is 19.2 Å². The van der Waals surface area contributed by atoms with Crippen molar-refractivity contribution in [2.75, 3.05) is 14.1 Å². The summed E-state index contributed by atoms with van der Waals surface area (Å²) in [7, 11) is 2.59. The zero-order chi connectivity index (χ0) is 13.3. The van der Waals surface area contributed by atoms with Crippen molar-refractivity contribution < 1.29 is 19.2 Å². The van der Waals surface area contributed by atoms with Gasteiger partial charge in [0.2, 0.25) is 0 Å². The van der Waals surface area contributed by atoms with Gasteiger partial charge in [-0.15, -0.1) is 0 Å². The van der Waals surface area contributed by atoms with Gasteiger partial charge < -0.3 is 22.5 Å². The molecule has 0 heterocycles. The largest absolute Gasteiger partial charge is 0.351 e. The molecule has 10 heteroatoms. The van der Waals surface area contributed by atoms with Gasteiger partial charge in [-0.3, -0.25) is 5.32 Å². The zero-order valence-corrected chi connectivity index (χ0v) is 8.81. The molecule has 0 aromatic rings. The van der Waals surface area contributed by atoms with E-state index in [1.807, 2.05) is 0 Å². The van der Waals surface area contributed by atoms with E-state index in [9.17, 15) is 19.2 Å². The summed E-state index contributed by atoms with van der Waals surface area (Å²) >= 11 is 0. The second kappa shape index (κ2) is 7.84. The first-order valence-corrected chi connectivity index (χ1v) is 3.83. The molecule has 16 heavy (non-hydrogen) atoms. The Bertz CT molecular complexity index is 274. The highest BCUT2D eigenvalue weighted by Gasteiger charge is 2.06. The third kappa shape index (κ3) is 9.57. The van der Waals surface area contributed by atoms with Gasteiger partial charge in [-0.1, -0.05) is 0 Å². The molecule has 0 aromatic carbocycles. The summed E-state index contributed by atoms with van der Waals surface area (Å²) in [6.45, 7) is 0. The molecule has 10 nitrogen and oxygen atoms in total. The molecule has 0 aliphatic heterocycles. The Morgan fingerprint density at radius 1 is 1.00 bits per heavy atom. The Labute approximate surface area is 91.1 Å². The van der Waals surface area contributed by atoms with E-state index in [-0.39, 0.29) is 0 Å². The smallest absolute Gasteiger partial charge is 0.322 e. The van der Waals surface area contributed by atoms with E-state index in [2.05, 4.69) is 22.5 Å². The molecule has 0 radical (unpaired) electrons. The van der Waals surface area contributed by atoms with Crippen LogP contribution in [0.1, 0.15) is 0 Å². The van der Waals surface area contributed by atoms with Crippen LogP contribution in [0.5, 0.6) is 0 Å². The molecule has 0 aliphatic rings. The summed E-state index contributed by atoms with van der Waals surface area (Å²) in [4.78, 5) is 40.5. The van der Waals surface area contributed by atoms with Crippen molar-refractivity contribution in [2.24, 2.45) is 17.2 Å². The number of amides is 8. The third-order valence-electron chi connectivity index (χ3n) is 1.12. The van der Waals surface area contributed by atoms with Crippen LogP contribution in [0.2, 0.25) is 0 Å². The van der Waals surface area contributed by atoms with Crippen molar-refractivity contribution in [1.29, 1.82) is 0 Å². The van der Waals surface area contributed by atoms with Gasteiger partial charge >= 0.3 is 24.1 Å². The van der Waals surface area contributed by atoms with Gasteiger partial charge in [-0.25, -0.2) is 24.1 Å². The average Bonchev–Trinajstić information content (AvgIpc) is 2.16. The van der Waals surface area contributed by atoms with Crippen molar-refractivity contribution in [3.63, 3.8) is 0 Å². The van der Waals surface area contributed by atoms with Gasteiger partial charge in [-0.05, 0) is 0 Å². The summed E-state index contributed by atoms with van der Waals surface area (Å²) in [5, 5.41) is 3.93. The summed E-state index contributed by atoms with van der Waals surface area (Å²) in [6.07, 6.45) is 0. The van der Waals surface area contributed by atoms with Crippen molar-refractivity contribution in [1.82, 2.24) is 15.5 Å². The number of hydrogen-bond acceptors (Lipinski definition) is 4. The fourth-order valence-electron chi connectivity index (χ4n) is 0.283. The van der Waals surface area contributed by atoms with Crippen LogP contribution in [0.3, 0.4) is 0 Å². The quantitative estimate of drug-likeness (QED) is 0.328. The molecule has 0 aliphatic carbocycles. The standard InChI is InChI=1S/2C3H7N3O2/c1-6(2(4)7)3(5)8;1-5-3(8)6-2(4)7/h1H3,(H2,4,7)(H2,5,8);1H3,(H4,4,5,6,7,8). The molecule has 92 valence electrons. The predicted octanol–water partition coefficient (Wildman–Crippen LogP) is -1.93. The van der Waals surface area contributed by atoms with Gasteiger partial charge in [0.15, 0.2) is 0 Å². The summed E-state index contributed by atoms with van der Waals surface area (Å²) in [5.41, 5.74) is 13.8. The van der Waals surface area contributed by atoms with E-state index in [0.29, 0.717) is 4.90 Å². The lowest BCUT2D eigenvalue weighted by Gasteiger charge is -2.05.